The highest BCUT2D eigenvalue weighted by molar-refractivity contribution is 4.44. The lowest BCUT2D eigenvalue weighted by molar-refractivity contribution is 0.286. The van der Waals surface area contributed by atoms with E-state index >= 15 is 0 Å². The van der Waals surface area contributed by atoms with E-state index in [-0.39, 0.29) is 0 Å². The van der Waals surface area contributed by atoms with Crippen LogP contribution in [-0.2, 0) is 0 Å². The number of hydrogen-bond donors (Lipinski definition) is 3. The molecular formula is C6H18N4. The summed E-state index contributed by atoms with van der Waals surface area (Å²) in [5.41, 5.74) is 5.31. The summed E-state index contributed by atoms with van der Waals surface area (Å²) in [5.74, 6) is 10.4. The van der Waals surface area contributed by atoms with Gasteiger partial charge in [-0.15, -0.1) is 0 Å². The van der Waals surface area contributed by atoms with Gasteiger partial charge in [-0.2, -0.15) is 5.12 Å². The molecule has 0 aromatic carbocycles. The molecule has 0 rings (SSSR count). The van der Waals surface area contributed by atoms with Crippen molar-refractivity contribution in [2.75, 3.05) is 13.1 Å². The molecule has 0 radical (unpaired) electrons. The lowest BCUT2D eigenvalue weighted by Crippen LogP contribution is -2.38. The summed E-state index contributed by atoms with van der Waals surface area (Å²) in [6.07, 6.45) is 4.52. The zero-order valence-corrected chi connectivity index (χ0v) is 6.42. The van der Waals surface area contributed by atoms with Gasteiger partial charge in [0.05, 0.1) is 0 Å². The number of nitrogens with zero attached hydrogens (tertiary/aromatic N) is 1. The van der Waals surface area contributed by atoms with Crippen LogP contribution in [0.25, 0.3) is 0 Å². The molecule has 0 fully saturated rings. The van der Waals surface area contributed by atoms with E-state index in [4.69, 9.17) is 17.4 Å². The number of unbranched alkanes of at least 4 members (excludes halogenated alkanes) is 3. The molecule has 0 saturated carbocycles. The van der Waals surface area contributed by atoms with Crippen LogP contribution in [0.1, 0.15) is 25.7 Å². The van der Waals surface area contributed by atoms with Crippen molar-refractivity contribution in [2.24, 2.45) is 17.4 Å². The van der Waals surface area contributed by atoms with Gasteiger partial charge in [0, 0.05) is 6.54 Å². The molecule has 0 aliphatic carbocycles. The monoisotopic (exact) mass is 146 g/mol. The third-order valence-corrected chi connectivity index (χ3v) is 1.37. The van der Waals surface area contributed by atoms with Crippen LogP contribution in [0.4, 0.5) is 0 Å². The minimum atomic E-state index is 0.768. The quantitative estimate of drug-likeness (QED) is 0.269. The van der Waals surface area contributed by atoms with E-state index in [9.17, 15) is 0 Å². The molecule has 0 unspecified atom stereocenters. The summed E-state index contributed by atoms with van der Waals surface area (Å²) >= 11 is 0. The fourth-order valence-electron chi connectivity index (χ4n) is 0.792. The smallest absolute Gasteiger partial charge is 0.0283 e. The van der Waals surface area contributed by atoms with Crippen LogP contribution in [0.3, 0.4) is 0 Å². The van der Waals surface area contributed by atoms with Gasteiger partial charge in [0.2, 0.25) is 0 Å². The van der Waals surface area contributed by atoms with Gasteiger partial charge in [0.1, 0.15) is 0 Å². The van der Waals surface area contributed by atoms with E-state index in [0.29, 0.717) is 0 Å². The Hall–Kier alpha value is -0.160. The molecule has 0 aliphatic heterocycles. The van der Waals surface area contributed by atoms with Crippen molar-refractivity contribution in [3.05, 3.63) is 0 Å². The standard InChI is InChI=1S/C6H18N4/c7-5-3-1-2-4-6-10(8)9/h1-9H2. The molecule has 6 N–H and O–H groups in total. The number of rotatable bonds is 6. The Morgan fingerprint density at radius 1 is 0.900 bits per heavy atom. The lowest BCUT2D eigenvalue weighted by atomic mass is 10.2. The van der Waals surface area contributed by atoms with Crippen molar-refractivity contribution in [3.63, 3.8) is 0 Å². The summed E-state index contributed by atoms with van der Waals surface area (Å²) in [6.45, 7) is 1.56. The van der Waals surface area contributed by atoms with Crippen molar-refractivity contribution in [3.8, 4) is 0 Å². The fraction of sp³-hybridized carbons (Fsp3) is 1.00. The summed E-state index contributed by atoms with van der Waals surface area (Å²) < 4.78 is 0. The maximum atomic E-state index is 5.31. The fourth-order valence-corrected chi connectivity index (χ4v) is 0.792. The third-order valence-electron chi connectivity index (χ3n) is 1.37. The van der Waals surface area contributed by atoms with Gasteiger partial charge in [-0.25, -0.2) is 0 Å². The summed E-state index contributed by atoms with van der Waals surface area (Å²) in [7, 11) is 0. The first-order valence-electron chi connectivity index (χ1n) is 3.74. The summed E-state index contributed by atoms with van der Waals surface area (Å²) in [4.78, 5) is 0. The van der Waals surface area contributed by atoms with Gasteiger partial charge < -0.3 is 5.73 Å². The largest absolute Gasteiger partial charge is 0.330 e. The van der Waals surface area contributed by atoms with E-state index in [0.717, 1.165) is 25.9 Å². The second-order valence-electron chi connectivity index (χ2n) is 2.44. The number of hydrogen-bond acceptors (Lipinski definition) is 4. The molecular weight excluding hydrogens is 128 g/mol. The first-order chi connectivity index (χ1) is 4.77. The summed E-state index contributed by atoms with van der Waals surface area (Å²) in [6, 6.07) is 0. The van der Waals surface area contributed by atoms with E-state index in [1.54, 1.807) is 0 Å². The highest BCUT2D eigenvalue weighted by Gasteiger charge is 1.90. The highest BCUT2D eigenvalue weighted by Crippen LogP contribution is 1.97. The molecule has 0 spiro atoms. The molecule has 4 heteroatoms. The van der Waals surface area contributed by atoms with Crippen LogP contribution < -0.4 is 17.4 Å². The first-order valence-corrected chi connectivity index (χ1v) is 3.74. The molecule has 0 saturated heterocycles. The topological polar surface area (TPSA) is 81.3 Å². The lowest BCUT2D eigenvalue weighted by Gasteiger charge is -2.07. The number of nitrogens with two attached hydrogens (primary N) is 3. The maximum Gasteiger partial charge on any atom is 0.0283 e. The minimum absolute atomic E-state index is 0.768. The average Bonchev–Trinajstić information content (AvgIpc) is 1.87. The molecule has 0 bridgehead atoms. The van der Waals surface area contributed by atoms with Crippen molar-refractivity contribution < 1.29 is 0 Å². The zero-order chi connectivity index (χ0) is 7.82. The molecule has 0 amide bonds. The van der Waals surface area contributed by atoms with Gasteiger partial charge in [-0.05, 0) is 19.4 Å². The van der Waals surface area contributed by atoms with Gasteiger partial charge >= 0.3 is 0 Å². The van der Waals surface area contributed by atoms with Crippen LogP contribution >= 0.6 is 0 Å². The Labute approximate surface area is 62.3 Å². The van der Waals surface area contributed by atoms with Crippen LogP contribution in [0.2, 0.25) is 0 Å². The van der Waals surface area contributed by atoms with Crippen molar-refractivity contribution in [1.82, 2.24) is 5.12 Å². The molecule has 0 aromatic rings. The van der Waals surface area contributed by atoms with Crippen molar-refractivity contribution in [2.45, 2.75) is 25.7 Å². The zero-order valence-electron chi connectivity index (χ0n) is 6.42. The predicted octanol–water partition coefficient (Wildman–Crippen LogP) is -0.445. The van der Waals surface area contributed by atoms with Crippen molar-refractivity contribution >= 4 is 0 Å². The molecule has 0 aromatic heterocycles. The van der Waals surface area contributed by atoms with Gasteiger partial charge in [0.15, 0.2) is 0 Å². The van der Waals surface area contributed by atoms with Crippen LogP contribution in [-0.4, -0.2) is 18.2 Å². The van der Waals surface area contributed by atoms with Gasteiger partial charge in [0.25, 0.3) is 0 Å². The minimum Gasteiger partial charge on any atom is -0.330 e. The average molecular weight is 146 g/mol. The van der Waals surface area contributed by atoms with E-state index < -0.39 is 0 Å². The van der Waals surface area contributed by atoms with E-state index in [1.165, 1.54) is 18.0 Å². The maximum absolute atomic E-state index is 5.31. The highest BCUT2D eigenvalue weighted by atomic mass is 15.6. The summed E-state index contributed by atoms with van der Waals surface area (Å²) in [5, 5.41) is 1.22. The SMILES string of the molecule is NCCCCCCN(N)N. The Bertz CT molecular complexity index is 64.8. The van der Waals surface area contributed by atoms with Crippen LogP contribution in [0.15, 0.2) is 0 Å². The molecule has 10 heavy (non-hydrogen) atoms. The van der Waals surface area contributed by atoms with E-state index in [2.05, 4.69) is 0 Å². The van der Waals surface area contributed by atoms with Gasteiger partial charge in [-0.1, -0.05) is 12.8 Å². The first kappa shape index (κ1) is 9.84. The predicted molar refractivity (Wildman–Crippen MR) is 42.6 cm³/mol. The Morgan fingerprint density at radius 3 is 2.00 bits per heavy atom. The van der Waals surface area contributed by atoms with Crippen LogP contribution in [0, 0.1) is 0 Å². The molecule has 0 aliphatic rings. The number of hydrazine groups is 2. The third kappa shape index (κ3) is 7.84. The normalized spacial score (nSPS) is 10.8. The van der Waals surface area contributed by atoms with Crippen molar-refractivity contribution in [1.29, 1.82) is 0 Å². The molecule has 4 nitrogen and oxygen atoms in total. The van der Waals surface area contributed by atoms with E-state index in [1.807, 2.05) is 0 Å². The van der Waals surface area contributed by atoms with Gasteiger partial charge in [-0.3, -0.25) is 11.7 Å². The molecule has 62 valence electrons. The molecule has 0 heterocycles. The Kier molecular flexibility index (Phi) is 6.84. The molecule has 0 atom stereocenters. The Morgan fingerprint density at radius 2 is 1.50 bits per heavy atom. The Balaban J connectivity index is 2.77. The second-order valence-corrected chi connectivity index (χ2v) is 2.44. The second kappa shape index (κ2) is 6.95. The van der Waals surface area contributed by atoms with Crippen LogP contribution in [0.5, 0.6) is 0 Å².